The van der Waals surface area contributed by atoms with Gasteiger partial charge in [-0.25, -0.2) is 4.79 Å². The summed E-state index contributed by atoms with van der Waals surface area (Å²) < 4.78 is 0. The van der Waals surface area contributed by atoms with Gasteiger partial charge in [0.2, 0.25) is 5.91 Å². The smallest absolute Gasteiger partial charge is 0.353 e. The number of carboxylic acids is 1. The standard InChI is InChI=1S/C15H21N3O4S/c1-7-11-10(8(2)19)14(20)18(11)12(15(21)22)13(7)23-9-4-17(5-9)6-16-3/h6-11,19H,4-5H2,1-3H3,(H,21,22)/t7?,8?,10?,11-/m1/s1. The highest BCUT2D eigenvalue weighted by Gasteiger charge is 2.60. The molecule has 2 saturated heterocycles. The first-order valence-corrected chi connectivity index (χ1v) is 8.56. The number of β-lactam (4-membered cyclic amide) rings is 1. The Kier molecular flexibility index (Phi) is 4.14. The molecule has 126 valence electrons. The number of aliphatic imine (C=N–C) groups is 1. The van der Waals surface area contributed by atoms with Crippen LogP contribution in [0.3, 0.4) is 0 Å². The van der Waals surface area contributed by atoms with Crippen molar-refractivity contribution in [2.24, 2.45) is 16.8 Å². The SMILES string of the molecule is CN=CN1CC(SC2=C(C(=O)O)N3C(=O)C(C(C)O)[C@H]3C2C)C1. The fourth-order valence-electron chi connectivity index (χ4n) is 3.66. The van der Waals surface area contributed by atoms with Gasteiger partial charge in [0, 0.05) is 36.2 Å². The lowest BCUT2D eigenvalue weighted by molar-refractivity contribution is -0.163. The zero-order valence-corrected chi connectivity index (χ0v) is 14.2. The van der Waals surface area contributed by atoms with Crippen molar-refractivity contribution >= 4 is 30.0 Å². The van der Waals surface area contributed by atoms with Gasteiger partial charge >= 0.3 is 5.97 Å². The summed E-state index contributed by atoms with van der Waals surface area (Å²) in [7, 11) is 1.72. The average Bonchev–Trinajstić information content (AvgIpc) is 2.66. The number of likely N-dealkylation sites (tertiary alicyclic amines) is 1. The van der Waals surface area contributed by atoms with Crippen LogP contribution < -0.4 is 0 Å². The maximum absolute atomic E-state index is 12.2. The van der Waals surface area contributed by atoms with E-state index in [9.17, 15) is 19.8 Å². The summed E-state index contributed by atoms with van der Waals surface area (Å²) >= 11 is 1.55. The van der Waals surface area contributed by atoms with E-state index in [1.165, 1.54) is 4.90 Å². The number of fused-ring (bicyclic) bond motifs is 1. The maximum Gasteiger partial charge on any atom is 0.353 e. The molecule has 0 spiro atoms. The highest BCUT2D eigenvalue weighted by atomic mass is 32.2. The highest BCUT2D eigenvalue weighted by Crippen LogP contribution is 2.51. The third kappa shape index (κ3) is 2.44. The molecule has 7 nitrogen and oxygen atoms in total. The Hall–Kier alpha value is -1.54. The minimum atomic E-state index is -1.06. The number of carboxylic acid groups (broad SMARTS) is 1. The quantitative estimate of drug-likeness (QED) is 0.423. The van der Waals surface area contributed by atoms with Gasteiger partial charge in [-0.2, -0.15) is 0 Å². The molecule has 0 aromatic heterocycles. The summed E-state index contributed by atoms with van der Waals surface area (Å²) in [4.78, 5) is 32.1. The van der Waals surface area contributed by atoms with E-state index in [0.29, 0.717) is 5.25 Å². The van der Waals surface area contributed by atoms with Crippen molar-refractivity contribution in [1.29, 1.82) is 0 Å². The Morgan fingerprint density at radius 2 is 2.13 bits per heavy atom. The van der Waals surface area contributed by atoms with Gasteiger partial charge < -0.3 is 20.0 Å². The number of rotatable bonds is 5. The number of carbonyl (C=O) groups is 2. The van der Waals surface area contributed by atoms with Crippen LogP contribution in [0.15, 0.2) is 15.6 Å². The van der Waals surface area contributed by atoms with Crippen LogP contribution in [0.2, 0.25) is 0 Å². The largest absolute Gasteiger partial charge is 0.477 e. The molecule has 0 bridgehead atoms. The van der Waals surface area contributed by atoms with Crippen molar-refractivity contribution in [1.82, 2.24) is 9.80 Å². The van der Waals surface area contributed by atoms with Crippen LogP contribution in [0.4, 0.5) is 0 Å². The first-order valence-electron chi connectivity index (χ1n) is 7.68. The molecule has 8 heteroatoms. The molecule has 2 fully saturated rings. The molecule has 3 heterocycles. The molecule has 3 unspecified atom stereocenters. The van der Waals surface area contributed by atoms with Crippen LogP contribution in [0.1, 0.15) is 13.8 Å². The number of amides is 1. The molecule has 4 atom stereocenters. The molecule has 1 amide bonds. The van der Waals surface area contributed by atoms with Crippen molar-refractivity contribution < 1.29 is 19.8 Å². The van der Waals surface area contributed by atoms with Gasteiger partial charge in [-0.15, -0.1) is 11.8 Å². The van der Waals surface area contributed by atoms with E-state index in [2.05, 4.69) is 9.89 Å². The van der Waals surface area contributed by atoms with E-state index in [-0.39, 0.29) is 23.6 Å². The summed E-state index contributed by atoms with van der Waals surface area (Å²) in [5.41, 5.74) is 0.108. The molecule has 0 saturated carbocycles. The maximum atomic E-state index is 12.2. The molecule has 0 aliphatic carbocycles. The van der Waals surface area contributed by atoms with Crippen molar-refractivity contribution in [3.8, 4) is 0 Å². The van der Waals surface area contributed by atoms with Crippen LogP contribution in [-0.2, 0) is 9.59 Å². The van der Waals surface area contributed by atoms with E-state index in [0.717, 1.165) is 18.0 Å². The number of nitrogens with zero attached hydrogens (tertiary/aromatic N) is 3. The Labute approximate surface area is 139 Å². The van der Waals surface area contributed by atoms with Gasteiger partial charge in [0.1, 0.15) is 5.70 Å². The number of hydrogen-bond donors (Lipinski definition) is 2. The predicted molar refractivity (Wildman–Crippen MR) is 87.0 cm³/mol. The van der Waals surface area contributed by atoms with E-state index in [1.807, 2.05) is 6.92 Å². The lowest BCUT2D eigenvalue weighted by Gasteiger charge is -2.46. The number of thioether (sulfide) groups is 1. The monoisotopic (exact) mass is 339 g/mol. The first kappa shape index (κ1) is 16.3. The molecule has 23 heavy (non-hydrogen) atoms. The molecule has 0 radical (unpaired) electrons. The van der Waals surface area contributed by atoms with E-state index < -0.39 is 18.0 Å². The highest BCUT2D eigenvalue weighted by molar-refractivity contribution is 8.03. The Morgan fingerprint density at radius 1 is 1.48 bits per heavy atom. The van der Waals surface area contributed by atoms with E-state index in [1.54, 1.807) is 32.1 Å². The first-order chi connectivity index (χ1) is 10.9. The second-order valence-corrected chi connectivity index (χ2v) is 7.68. The number of aliphatic hydroxyl groups is 1. The summed E-state index contributed by atoms with van der Waals surface area (Å²) in [5, 5.41) is 19.7. The summed E-state index contributed by atoms with van der Waals surface area (Å²) in [6, 6.07) is -0.232. The van der Waals surface area contributed by atoms with Crippen LogP contribution in [-0.4, -0.2) is 75.8 Å². The normalized spacial score (nSPS) is 32.2. The Morgan fingerprint density at radius 3 is 2.65 bits per heavy atom. The molecule has 3 rings (SSSR count). The molecule has 3 aliphatic rings. The second-order valence-electron chi connectivity index (χ2n) is 6.34. The van der Waals surface area contributed by atoms with E-state index >= 15 is 0 Å². The number of hydrogen-bond acceptors (Lipinski definition) is 5. The third-order valence-corrected chi connectivity index (χ3v) is 6.21. The summed E-state index contributed by atoms with van der Waals surface area (Å²) in [5.74, 6) is -1.90. The van der Waals surface area contributed by atoms with Crippen LogP contribution in [0.5, 0.6) is 0 Å². The lowest BCUT2D eigenvalue weighted by Crippen LogP contribution is -2.63. The van der Waals surface area contributed by atoms with Crippen molar-refractivity contribution in [2.75, 3.05) is 20.1 Å². The molecule has 2 N–H and O–H groups in total. The van der Waals surface area contributed by atoms with E-state index in [4.69, 9.17) is 0 Å². The third-order valence-electron chi connectivity index (χ3n) is 4.76. The van der Waals surface area contributed by atoms with Crippen molar-refractivity contribution in [3.05, 3.63) is 10.6 Å². The van der Waals surface area contributed by atoms with Crippen LogP contribution >= 0.6 is 11.8 Å². The number of aliphatic hydroxyl groups excluding tert-OH is 1. The molecular weight excluding hydrogens is 318 g/mol. The molecule has 3 aliphatic heterocycles. The van der Waals surface area contributed by atoms with Gasteiger partial charge in [-0.05, 0) is 6.92 Å². The predicted octanol–water partition coefficient (Wildman–Crippen LogP) is 0.216. The Balaban J connectivity index is 1.79. The minimum absolute atomic E-state index is 0.0581. The fourth-order valence-corrected chi connectivity index (χ4v) is 5.20. The van der Waals surface area contributed by atoms with Crippen LogP contribution in [0.25, 0.3) is 0 Å². The van der Waals surface area contributed by atoms with Crippen molar-refractivity contribution in [2.45, 2.75) is 31.2 Å². The van der Waals surface area contributed by atoms with Gasteiger partial charge in [-0.3, -0.25) is 9.79 Å². The van der Waals surface area contributed by atoms with Crippen molar-refractivity contribution in [3.63, 3.8) is 0 Å². The minimum Gasteiger partial charge on any atom is -0.477 e. The summed E-state index contributed by atoms with van der Waals surface area (Å²) in [6.07, 6.45) is 1.02. The van der Waals surface area contributed by atoms with Gasteiger partial charge in [0.25, 0.3) is 0 Å². The number of carbonyl (C=O) groups excluding carboxylic acids is 1. The van der Waals surface area contributed by atoms with Gasteiger partial charge in [0.05, 0.1) is 24.4 Å². The second kappa shape index (κ2) is 5.83. The average molecular weight is 339 g/mol. The zero-order valence-electron chi connectivity index (χ0n) is 13.3. The van der Waals surface area contributed by atoms with Gasteiger partial charge in [0.15, 0.2) is 0 Å². The number of aliphatic carboxylic acids is 1. The topological polar surface area (TPSA) is 93.4 Å². The van der Waals surface area contributed by atoms with Gasteiger partial charge in [-0.1, -0.05) is 6.92 Å². The fraction of sp³-hybridized carbons (Fsp3) is 0.667. The Bertz CT molecular complexity index is 598. The molecular formula is C15H21N3O4S. The van der Waals surface area contributed by atoms with Crippen LogP contribution in [0, 0.1) is 11.8 Å². The molecule has 0 aromatic carbocycles. The zero-order chi connectivity index (χ0) is 16.9. The lowest BCUT2D eigenvalue weighted by atomic mass is 9.79. The summed E-state index contributed by atoms with van der Waals surface area (Å²) in [6.45, 7) is 5.18. The molecule has 0 aromatic rings.